The molecule has 26 heavy (non-hydrogen) atoms. The molecule has 152 valence electrons. The van der Waals surface area contributed by atoms with Crippen molar-refractivity contribution in [3.8, 4) is 0 Å². The molecule has 4 nitrogen and oxygen atoms in total. The van der Waals surface area contributed by atoms with Gasteiger partial charge in [-0.1, -0.05) is 57.3 Å². The number of aliphatic hydroxyl groups excluding tert-OH is 2. The Morgan fingerprint density at radius 1 is 1.04 bits per heavy atom. The normalized spacial score (nSPS) is 27.7. The molecule has 1 saturated carbocycles. The summed E-state index contributed by atoms with van der Waals surface area (Å²) in [5.41, 5.74) is 0. The Morgan fingerprint density at radius 2 is 1.81 bits per heavy atom. The third-order valence-corrected chi connectivity index (χ3v) is 5.64. The van der Waals surface area contributed by atoms with Gasteiger partial charge < -0.3 is 19.7 Å². The van der Waals surface area contributed by atoms with Crippen molar-refractivity contribution in [2.75, 3.05) is 14.2 Å². The van der Waals surface area contributed by atoms with Gasteiger partial charge in [0.1, 0.15) is 0 Å². The zero-order chi connectivity index (χ0) is 19.2. The molecule has 0 amide bonds. The predicted octanol–water partition coefficient (Wildman–Crippen LogP) is 5.17. The number of rotatable bonds is 14. The van der Waals surface area contributed by atoms with E-state index in [-0.39, 0.29) is 18.3 Å². The highest BCUT2D eigenvalue weighted by atomic mass is 16.5. The number of ether oxygens (including phenoxy) is 2. The van der Waals surface area contributed by atoms with Crippen molar-refractivity contribution in [2.24, 2.45) is 11.8 Å². The number of allylic oxidation sites excluding steroid dienone is 1. The summed E-state index contributed by atoms with van der Waals surface area (Å²) in [7, 11) is 3.57. The second-order valence-corrected chi connectivity index (χ2v) is 7.50. The van der Waals surface area contributed by atoms with Crippen LogP contribution in [0.1, 0.15) is 71.1 Å². The van der Waals surface area contributed by atoms with Gasteiger partial charge in [-0.05, 0) is 31.6 Å². The van der Waals surface area contributed by atoms with E-state index in [1.807, 2.05) is 6.08 Å². The van der Waals surface area contributed by atoms with Crippen molar-refractivity contribution in [1.82, 2.24) is 0 Å². The summed E-state index contributed by atoms with van der Waals surface area (Å²) in [6, 6.07) is 0. The van der Waals surface area contributed by atoms with Crippen molar-refractivity contribution in [1.29, 1.82) is 0 Å². The van der Waals surface area contributed by atoms with Crippen molar-refractivity contribution >= 4 is 0 Å². The van der Waals surface area contributed by atoms with Gasteiger partial charge in [-0.25, -0.2) is 0 Å². The van der Waals surface area contributed by atoms with Crippen LogP contribution >= 0.6 is 0 Å². The second-order valence-electron chi connectivity index (χ2n) is 7.50. The summed E-state index contributed by atoms with van der Waals surface area (Å²) in [6.45, 7) is 2.18. The molecule has 2 N–H and O–H groups in total. The maximum Gasteiger partial charge on any atom is 0.0751 e. The number of methoxy groups -OCH3 is 2. The van der Waals surface area contributed by atoms with E-state index >= 15 is 0 Å². The fourth-order valence-electron chi connectivity index (χ4n) is 4.10. The Kier molecular flexibility index (Phi) is 12.7. The molecule has 0 aliphatic heterocycles. The zero-order valence-corrected chi connectivity index (χ0v) is 17.0. The van der Waals surface area contributed by atoms with Crippen LogP contribution in [0.3, 0.4) is 0 Å². The molecular formula is C22H40O4. The van der Waals surface area contributed by atoms with Crippen molar-refractivity contribution in [3.05, 3.63) is 24.5 Å². The van der Waals surface area contributed by atoms with Gasteiger partial charge in [-0.3, -0.25) is 0 Å². The predicted molar refractivity (Wildman–Crippen MR) is 107 cm³/mol. The molecule has 0 radical (unpaired) electrons. The molecule has 0 aromatic heterocycles. The molecule has 5 atom stereocenters. The third-order valence-electron chi connectivity index (χ3n) is 5.64. The SMILES string of the molecule is CCCCCC(O)/C=C/C1C(OC)CC(OC)C1CCCCCC=CO. The largest absolute Gasteiger partial charge is 0.516 e. The van der Waals surface area contributed by atoms with Crippen LogP contribution < -0.4 is 0 Å². The van der Waals surface area contributed by atoms with Gasteiger partial charge >= 0.3 is 0 Å². The first-order valence-corrected chi connectivity index (χ1v) is 10.4. The van der Waals surface area contributed by atoms with E-state index in [0.29, 0.717) is 11.8 Å². The molecular weight excluding hydrogens is 328 g/mol. The monoisotopic (exact) mass is 368 g/mol. The highest BCUT2D eigenvalue weighted by Crippen LogP contribution is 2.40. The summed E-state index contributed by atoms with van der Waals surface area (Å²) in [5, 5.41) is 18.9. The fourth-order valence-corrected chi connectivity index (χ4v) is 4.10. The maximum atomic E-state index is 10.2. The van der Waals surface area contributed by atoms with Crippen LogP contribution in [0.2, 0.25) is 0 Å². The van der Waals surface area contributed by atoms with Crippen LogP contribution in [0.15, 0.2) is 24.5 Å². The van der Waals surface area contributed by atoms with Crippen LogP contribution in [-0.4, -0.2) is 42.7 Å². The van der Waals surface area contributed by atoms with E-state index in [2.05, 4.69) is 13.0 Å². The van der Waals surface area contributed by atoms with Gasteiger partial charge in [0.15, 0.2) is 0 Å². The minimum absolute atomic E-state index is 0.168. The second kappa shape index (κ2) is 14.2. The Balaban J connectivity index is 2.57. The summed E-state index contributed by atoms with van der Waals surface area (Å²) in [6.07, 6.45) is 17.8. The molecule has 0 aromatic carbocycles. The maximum absolute atomic E-state index is 10.2. The van der Waals surface area contributed by atoms with Crippen LogP contribution in [0.4, 0.5) is 0 Å². The average molecular weight is 369 g/mol. The summed E-state index contributed by atoms with van der Waals surface area (Å²) in [5.74, 6) is 0.750. The van der Waals surface area contributed by atoms with Crippen molar-refractivity contribution in [3.63, 3.8) is 0 Å². The number of hydrogen-bond donors (Lipinski definition) is 2. The van der Waals surface area contributed by atoms with E-state index in [1.54, 1.807) is 20.3 Å². The number of hydrogen-bond acceptors (Lipinski definition) is 4. The first-order valence-electron chi connectivity index (χ1n) is 10.4. The van der Waals surface area contributed by atoms with Gasteiger partial charge in [0.25, 0.3) is 0 Å². The average Bonchev–Trinajstić information content (AvgIpc) is 2.99. The Hall–Kier alpha value is -0.840. The lowest BCUT2D eigenvalue weighted by Crippen LogP contribution is -2.23. The van der Waals surface area contributed by atoms with Gasteiger partial charge in [-0.15, -0.1) is 0 Å². The smallest absolute Gasteiger partial charge is 0.0751 e. The highest BCUT2D eigenvalue weighted by Gasteiger charge is 2.41. The van der Waals surface area contributed by atoms with Gasteiger partial charge in [-0.2, -0.15) is 0 Å². The van der Waals surface area contributed by atoms with E-state index in [1.165, 1.54) is 12.8 Å². The first-order chi connectivity index (χ1) is 12.7. The van der Waals surface area contributed by atoms with Gasteiger partial charge in [0, 0.05) is 26.6 Å². The lowest BCUT2D eigenvalue weighted by atomic mass is 9.87. The molecule has 4 heteroatoms. The molecule has 0 saturated heterocycles. The third kappa shape index (κ3) is 8.24. The summed E-state index contributed by atoms with van der Waals surface area (Å²) < 4.78 is 11.5. The molecule has 5 unspecified atom stereocenters. The molecule has 0 spiro atoms. The first kappa shape index (κ1) is 23.2. The zero-order valence-electron chi connectivity index (χ0n) is 17.0. The van der Waals surface area contributed by atoms with Gasteiger partial charge in [0.05, 0.1) is 24.6 Å². The highest BCUT2D eigenvalue weighted by molar-refractivity contribution is 5.05. The molecule has 1 aliphatic rings. The van der Waals surface area contributed by atoms with Crippen LogP contribution in [0.5, 0.6) is 0 Å². The fraction of sp³-hybridized carbons (Fsp3) is 0.818. The topological polar surface area (TPSA) is 58.9 Å². The lowest BCUT2D eigenvalue weighted by Gasteiger charge is -2.23. The van der Waals surface area contributed by atoms with E-state index in [4.69, 9.17) is 14.6 Å². The minimum Gasteiger partial charge on any atom is -0.516 e. The lowest BCUT2D eigenvalue weighted by molar-refractivity contribution is 0.0543. The molecule has 1 fully saturated rings. The quantitative estimate of drug-likeness (QED) is 0.252. The summed E-state index contributed by atoms with van der Waals surface area (Å²) in [4.78, 5) is 0. The molecule has 1 aliphatic carbocycles. The minimum atomic E-state index is -0.355. The van der Waals surface area contributed by atoms with E-state index in [0.717, 1.165) is 57.6 Å². The molecule has 0 bridgehead atoms. The Labute approximate surface area is 160 Å². The summed E-state index contributed by atoms with van der Waals surface area (Å²) >= 11 is 0. The van der Waals surface area contributed by atoms with Crippen LogP contribution in [-0.2, 0) is 9.47 Å². The number of unbranched alkanes of at least 4 members (excludes halogenated alkanes) is 5. The number of aliphatic hydroxyl groups is 2. The van der Waals surface area contributed by atoms with E-state index < -0.39 is 0 Å². The molecule has 1 rings (SSSR count). The molecule has 0 aromatic rings. The Morgan fingerprint density at radius 3 is 2.46 bits per heavy atom. The van der Waals surface area contributed by atoms with Crippen molar-refractivity contribution in [2.45, 2.75) is 89.4 Å². The van der Waals surface area contributed by atoms with Crippen LogP contribution in [0.25, 0.3) is 0 Å². The van der Waals surface area contributed by atoms with Crippen molar-refractivity contribution < 1.29 is 19.7 Å². The van der Waals surface area contributed by atoms with E-state index in [9.17, 15) is 5.11 Å². The Bertz CT molecular complexity index is 394. The molecule has 0 heterocycles. The van der Waals surface area contributed by atoms with Crippen LogP contribution in [0, 0.1) is 11.8 Å². The standard InChI is InChI=1S/C22H40O4/c1-4-5-9-12-18(24)14-15-20-19(13-10-7-6-8-11-16-23)21(25-2)17-22(20)26-3/h11,14-16,18-24H,4-10,12-13,17H2,1-3H3/b15-14+,16-11?. The van der Waals surface area contributed by atoms with Gasteiger partial charge in [0.2, 0.25) is 0 Å².